The van der Waals surface area contributed by atoms with Crippen molar-refractivity contribution in [1.82, 2.24) is 19.9 Å². The minimum absolute atomic E-state index is 0.594. The number of pyridine rings is 2. The number of hydrogen-bond donors (Lipinski definition) is 0. The third-order valence-electron chi connectivity index (χ3n) is 9.86. The summed E-state index contributed by atoms with van der Waals surface area (Å²) in [5, 5.41) is 7.06. The van der Waals surface area contributed by atoms with Crippen LogP contribution in [0.25, 0.3) is 99.8 Å². The average molecular weight is 663 g/mol. The van der Waals surface area contributed by atoms with Crippen LogP contribution < -0.4 is 0 Å². The zero-order valence-corrected chi connectivity index (χ0v) is 28.1. The third-order valence-corrected chi connectivity index (χ3v) is 9.86. The molecule has 242 valence electrons. The van der Waals surface area contributed by atoms with Crippen LogP contribution >= 0.6 is 0 Å². The summed E-state index contributed by atoms with van der Waals surface area (Å²) in [5.74, 6) is 0.594. The van der Waals surface area contributed by atoms with E-state index in [2.05, 4.69) is 140 Å². The van der Waals surface area contributed by atoms with Crippen LogP contribution in [0.15, 0.2) is 182 Å². The van der Waals surface area contributed by atoms with E-state index in [0.717, 1.165) is 72.4 Å². The maximum absolute atomic E-state index is 5.24. The van der Waals surface area contributed by atoms with Gasteiger partial charge in [0.05, 0.1) is 28.1 Å². The molecule has 0 radical (unpaired) electrons. The number of aromatic nitrogens is 4. The Bertz CT molecular complexity index is 2900. The van der Waals surface area contributed by atoms with Crippen molar-refractivity contribution < 1.29 is 0 Å². The van der Waals surface area contributed by atoms with E-state index in [-0.39, 0.29) is 0 Å². The van der Waals surface area contributed by atoms with E-state index in [1.165, 1.54) is 21.5 Å². The highest BCUT2D eigenvalue weighted by molar-refractivity contribution is 6.14. The Kier molecular flexibility index (Phi) is 7.10. The summed E-state index contributed by atoms with van der Waals surface area (Å²) in [5.41, 5.74) is 10.6. The van der Waals surface area contributed by atoms with Gasteiger partial charge >= 0.3 is 0 Å². The summed E-state index contributed by atoms with van der Waals surface area (Å²) >= 11 is 0. The number of nitrogens with zero attached hydrogens (tertiary/aromatic N) is 4. The molecule has 0 N–H and O–H groups in total. The Morgan fingerprint density at radius 2 is 0.808 bits per heavy atom. The average Bonchev–Trinajstić information content (AvgIpc) is 3.23. The largest absolute Gasteiger partial charge is 0.248 e. The van der Waals surface area contributed by atoms with Crippen molar-refractivity contribution in [3.63, 3.8) is 0 Å². The fourth-order valence-corrected chi connectivity index (χ4v) is 7.22. The van der Waals surface area contributed by atoms with E-state index in [0.29, 0.717) is 5.82 Å². The number of benzene rings is 7. The van der Waals surface area contributed by atoms with E-state index in [9.17, 15) is 0 Å². The topological polar surface area (TPSA) is 51.6 Å². The normalized spacial score (nSPS) is 11.5. The summed E-state index contributed by atoms with van der Waals surface area (Å²) in [6.07, 6.45) is 0. The van der Waals surface area contributed by atoms with Gasteiger partial charge in [0, 0.05) is 27.5 Å². The van der Waals surface area contributed by atoms with E-state index >= 15 is 0 Å². The summed E-state index contributed by atoms with van der Waals surface area (Å²) in [6, 6.07) is 63.3. The van der Waals surface area contributed by atoms with Crippen LogP contribution in [0.1, 0.15) is 0 Å². The van der Waals surface area contributed by atoms with Gasteiger partial charge in [0.15, 0.2) is 5.82 Å². The van der Waals surface area contributed by atoms with Crippen LogP contribution in [-0.4, -0.2) is 19.9 Å². The van der Waals surface area contributed by atoms with Gasteiger partial charge in [-0.2, -0.15) is 0 Å². The Labute approximate surface area is 300 Å². The zero-order chi connectivity index (χ0) is 34.4. The lowest BCUT2D eigenvalue weighted by Crippen LogP contribution is -1.97. The Morgan fingerprint density at radius 3 is 1.48 bits per heavy atom. The van der Waals surface area contributed by atoms with Gasteiger partial charge in [0.2, 0.25) is 0 Å². The Morgan fingerprint density at radius 1 is 0.288 bits per heavy atom. The molecule has 4 nitrogen and oxygen atoms in total. The van der Waals surface area contributed by atoms with Crippen LogP contribution in [0.3, 0.4) is 0 Å². The van der Waals surface area contributed by atoms with Crippen molar-refractivity contribution >= 4 is 43.4 Å². The van der Waals surface area contributed by atoms with Crippen molar-refractivity contribution in [2.24, 2.45) is 0 Å². The maximum atomic E-state index is 5.24. The van der Waals surface area contributed by atoms with Crippen molar-refractivity contribution in [2.45, 2.75) is 0 Å². The van der Waals surface area contributed by atoms with E-state index < -0.39 is 0 Å². The highest BCUT2D eigenvalue weighted by Gasteiger charge is 2.14. The number of rotatable bonds is 5. The van der Waals surface area contributed by atoms with Crippen LogP contribution in [0.2, 0.25) is 0 Å². The van der Waals surface area contributed by atoms with Gasteiger partial charge in [-0.25, -0.2) is 19.9 Å². The molecular weight excluding hydrogens is 633 g/mol. The lowest BCUT2D eigenvalue weighted by Gasteiger charge is -2.11. The van der Waals surface area contributed by atoms with Crippen molar-refractivity contribution in [2.75, 3.05) is 0 Å². The minimum atomic E-state index is 0.594. The van der Waals surface area contributed by atoms with Gasteiger partial charge in [-0.3, -0.25) is 0 Å². The van der Waals surface area contributed by atoms with Crippen LogP contribution in [-0.2, 0) is 0 Å². The maximum Gasteiger partial charge on any atom is 0.179 e. The van der Waals surface area contributed by atoms with Gasteiger partial charge in [-0.05, 0) is 63.0 Å². The SMILES string of the molecule is c1ccc(-c2cc(-c3ccccc3)nc(-c3ccc4ccc(-c5ccc6ccc(-c7cccc8ccc9ccccc9c78)nc6c5)cc4n3)n2)cc1. The smallest absolute Gasteiger partial charge is 0.179 e. The van der Waals surface area contributed by atoms with Crippen molar-refractivity contribution in [1.29, 1.82) is 0 Å². The molecule has 0 aliphatic carbocycles. The van der Waals surface area contributed by atoms with Crippen molar-refractivity contribution in [3.05, 3.63) is 182 Å². The van der Waals surface area contributed by atoms with Gasteiger partial charge in [0.1, 0.15) is 5.69 Å². The molecule has 4 heteroatoms. The first-order valence-electron chi connectivity index (χ1n) is 17.5. The van der Waals surface area contributed by atoms with Crippen molar-refractivity contribution in [3.8, 4) is 56.4 Å². The summed E-state index contributed by atoms with van der Waals surface area (Å²) in [4.78, 5) is 20.4. The monoisotopic (exact) mass is 662 g/mol. The first-order chi connectivity index (χ1) is 25.7. The molecule has 3 aromatic heterocycles. The molecule has 0 saturated carbocycles. The van der Waals surface area contributed by atoms with Crippen LogP contribution in [0.5, 0.6) is 0 Å². The van der Waals surface area contributed by atoms with E-state index in [1.54, 1.807) is 0 Å². The predicted octanol–water partition coefficient (Wildman–Crippen LogP) is 12.2. The molecule has 0 atom stereocenters. The Balaban J connectivity index is 1.06. The molecule has 0 amide bonds. The van der Waals surface area contributed by atoms with E-state index in [1.807, 2.05) is 42.5 Å². The lowest BCUT2D eigenvalue weighted by atomic mass is 9.95. The highest BCUT2D eigenvalue weighted by atomic mass is 14.9. The second-order valence-corrected chi connectivity index (χ2v) is 13.1. The summed E-state index contributed by atoms with van der Waals surface area (Å²) in [7, 11) is 0. The third kappa shape index (κ3) is 5.34. The summed E-state index contributed by atoms with van der Waals surface area (Å²) in [6.45, 7) is 0. The van der Waals surface area contributed by atoms with E-state index in [4.69, 9.17) is 19.9 Å². The van der Waals surface area contributed by atoms with Crippen LogP contribution in [0.4, 0.5) is 0 Å². The molecule has 0 fully saturated rings. The molecule has 7 aromatic carbocycles. The standard InChI is InChI=1S/C48H30N4/c1-3-11-32(12-4-1)45-30-46(33-13-5-2-6-14-33)52-48(51-45)42-27-25-35-20-23-38(29-44(35)50-42)37-22-19-34-24-26-41(49-43(34)28-37)40-17-9-15-36-21-18-31-10-7-8-16-39(31)47(36)40/h1-30H. The quantitative estimate of drug-likeness (QED) is 0.172. The second-order valence-electron chi connectivity index (χ2n) is 13.1. The predicted molar refractivity (Wildman–Crippen MR) is 215 cm³/mol. The first-order valence-corrected chi connectivity index (χ1v) is 17.5. The molecule has 0 bridgehead atoms. The molecule has 10 rings (SSSR count). The molecule has 0 spiro atoms. The highest BCUT2D eigenvalue weighted by Crippen LogP contribution is 2.35. The molecule has 0 aliphatic rings. The molecule has 0 saturated heterocycles. The number of fused-ring (bicyclic) bond motifs is 5. The molecule has 0 unspecified atom stereocenters. The molecule has 3 heterocycles. The van der Waals surface area contributed by atoms with Crippen LogP contribution in [0, 0.1) is 0 Å². The molecule has 52 heavy (non-hydrogen) atoms. The zero-order valence-electron chi connectivity index (χ0n) is 28.1. The Hall–Kier alpha value is -7.04. The van der Waals surface area contributed by atoms with Gasteiger partial charge in [0.25, 0.3) is 0 Å². The number of hydrogen-bond acceptors (Lipinski definition) is 4. The van der Waals surface area contributed by atoms with Gasteiger partial charge < -0.3 is 0 Å². The fraction of sp³-hybridized carbons (Fsp3) is 0. The fourth-order valence-electron chi connectivity index (χ4n) is 7.22. The van der Waals surface area contributed by atoms with Gasteiger partial charge in [-0.15, -0.1) is 0 Å². The first kappa shape index (κ1) is 29.8. The second kappa shape index (κ2) is 12.4. The minimum Gasteiger partial charge on any atom is -0.248 e. The summed E-state index contributed by atoms with van der Waals surface area (Å²) < 4.78 is 0. The molecule has 10 aromatic rings. The molecular formula is C48H30N4. The lowest BCUT2D eigenvalue weighted by molar-refractivity contribution is 1.16. The van der Waals surface area contributed by atoms with Gasteiger partial charge in [-0.1, -0.05) is 152 Å². The molecule has 0 aliphatic heterocycles.